The van der Waals surface area contributed by atoms with Gasteiger partial charge in [-0.15, -0.1) is 11.3 Å². The molecule has 0 fully saturated rings. The van der Waals surface area contributed by atoms with E-state index in [0.717, 1.165) is 61.3 Å². The van der Waals surface area contributed by atoms with Gasteiger partial charge in [-0.1, -0.05) is 170 Å². The van der Waals surface area contributed by atoms with E-state index < -0.39 is 0 Å². The van der Waals surface area contributed by atoms with E-state index in [1.165, 1.54) is 53.6 Å². The standard InChI is InChI=1S/C60H39NOS/c1-3-12-42(13-4-1)50-16-7-8-17-51(50)44-26-34-49(35-27-44)61(48-32-24-41(25-33-48)46-29-37-59-56(39-46)53-18-9-10-21-58(53)63-59)47-30-22-40(23-31-47)45-28-36-57-55(38-45)54-20-11-19-52(60(54)62-57)43-14-5-2-6-15-43/h1-39H. The van der Waals surface area contributed by atoms with Crippen LogP contribution < -0.4 is 4.90 Å². The van der Waals surface area contributed by atoms with E-state index >= 15 is 0 Å². The van der Waals surface area contributed by atoms with Gasteiger partial charge in [0.25, 0.3) is 0 Å². The average Bonchev–Trinajstić information content (AvgIpc) is 3.93. The predicted octanol–water partition coefficient (Wildman–Crippen LogP) is 17.8. The third-order valence-electron chi connectivity index (χ3n) is 12.3. The lowest BCUT2D eigenvalue weighted by Crippen LogP contribution is -2.09. The van der Waals surface area contributed by atoms with Gasteiger partial charge in [0.1, 0.15) is 11.2 Å². The van der Waals surface area contributed by atoms with E-state index in [2.05, 4.69) is 235 Å². The molecule has 0 aliphatic rings. The molecule has 3 heteroatoms. The van der Waals surface area contributed by atoms with Gasteiger partial charge >= 0.3 is 0 Å². The summed E-state index contributed by atoms with van der Waals surface area (Å²) >= 11 is 1.86. The second kappa shape index (κ2) is 15.5. The molecule has 296 valence electrons. The molecule has 2 heterocycles. The fourth-order valence-electron chi connectivity index (χ4n) is 9.18. The van der Waals surface area contributed by atoms with Crippen LogP contribution in [0.15, 0.2) is 241 Å². The Labute approximate surface area is 370 Å². The summed E-state index contributed by atoms with van der Waals surface area (Å²) in [7, 11) is 0. The summed E-state index contributed by atoms with van der Waals surface area (Å²) in [5, 5.41) is 4.87. The van der Waals surface area contributed by atoms with Crippen molar-refractivity contribution in [2.45, 2.75) is 0 Å². The van der Waals surface area contributed by atoms with Gasteiger partial charge in [0.05, 0.1) is 0 Å². The number of hydrogen-bond acceptors (Lipinski definition) is 3. The van der Waals surface area contributed by atoms with Gasteiger partial charge in [0, 0.05) is 53.6 Å². The van der Waals surface area contributed by atoms with Gasteiger partial charge in [-0.2, -0.15) is 0 Å². The Bertz CT molecular complexity index is 3590. The van der Waals surface area contributed by atoms with Gasteiger partial charge in [-0.05, 0) is 117 Å². The van der Waals surface area contributed by atoms with Crippen LogP contribution in [-0.4, -0.2) is 0 Å². The van der Waals surface area contributed by atoms with Crippen LogP contribution in [0.1, 0.15) is 0 Å². The molecule has 10 aromatic carbocycles. The minimum Gasteiger partial charge on any atom is -0.455 e. The zero-order chi connectivity index (χ0) is 41.7. The minimum atomic E-state index is 0.891. The predicted molar refractivity (Wildman–Crippen MR) is 268 cm³/mol. The molecule has 0 aliphatic carbocycles. The van der Waals surface area contributed by atoms with Crippen LogP contribution in [0.4, 0.5) is 17.1 Å². The fourth-order valence-corrected chi connectivity index (χ4v) is 10.3. The maximum atomic E-state index is 6.51. The Hall–Kier alpha value is -7.98. The highest BCUT2D eigenvalue weighted by molar-refractivity contribution is 7.25. The van der Waals surface area contributed by atoms with Crippen LogP contribution in [0.3, 0.4) is 0 Å². The van der Waals surface area contributed by atoms with Crippen molar-refractivity contribution < 1.29 is 4.42 Å². The third-order valence-corrected chi connectivity index (χ3v) is 13.5. The van der Waals surface area contributed by atoms with Crippen LogP contribution >= 0.6 is 11.3 Å². The maximum Gasteiger partial charge on any atom is 0.143 e. The molecule has 12 aromatic rings. The van der Waals surface area contributed by atoms with Gasteiger partial charge in [0.15, 0.2) is 0 Å². The number of furan rings is 1. The average molecular weight is 822 g/mol. The number of rotatable bonds is 8. The molecular weight excluding hydrogens is 783 g/mol. The highest BCUT2D eigenvalue weighted by Gasteiger charge is 2.17. The second-order valence-electron chi connectivity index (χ2n) is 16.1. The summed E-state index contributed by atoms with van der Waals surface area (Å²) in [5.41, 5.74) is 16.9. The van der Waals surface area contributed by atoms with Crippen molar-refractivity contribution in [3.8, 4) is 55.6 Å². The molecule has 12 rings (SSSR count). The molecule has 0 saturated carbocycles. The normalized spacial score (nSPS) is 11.5. The van der Waals surface area contributed by atoms with Crippen LogP contribution in [0.2, 0.25) is 0 Å². The minimum absolute atomic E-state index is 0.891. The molecule has 0 bridgehead atoms. The summed E-state index contributed by atoms with van der Waals surface area (Å²) in [4.78, 5) is 2.36. The molecule has 2 aromatic heterocycles. The van der Waals surface area contributed by atoms with Crippen molar-refractivity contribution in [3.05, 3.63) is 237 Å². The topological polar surface area (TPSA) is 16.4 Å². The van der Waals surface area contributed by atoms with E-state index in [1.54, 1.807) is 0 Å². The number of para-hydroxylation sites is 1. The van der Waals surface area contributed by atoms with Crippen molar-refractivity contribution in [2.75, 3.05) is 4.90 Å². The molecule has 0 saturated heterocycles. The van der Waals surface area contributed by atoms with E-state index in [4.69, 9.17) is 4.42 Å². The molecular formula is C60H39NOS. The van der Waals surface area contributed by atoms with Crippen molar-refractivity contribution in [1.29, 1.82) is 0 Å². The summed E-state index contributed by atoms with van der Waals surface area (Å²) in [6.45, 7) is 0. The smallest absolute Gasteiger partial charge is 0.143 e. The lowest BCUT2D eigenvalue weighted by molar-refractivity contribution is 0.670. The number of fused-ring (bicyclic) bond motifs is 6. The van der Waals surface area contributed by atoms with E-state index in [-0.39, 0.29) is 0 Å². The Morgan fingerprint density at radius 1 is 0.286 bits per heavy atom. The first-order chi connectivity index (χ1) is 31.2. The maximum absolute atomic E-state index is 6.51. The fraction of sp³-hybridized carbons (Fsp3) is 0. The Balaban J connectivity index is 0.917. The van der Waals surface area contributed by atoms with Crippen molar-refractivity contribution in [3.63, 3.8) is 0 Å². The number of benzene rings is 10. The summed E-state index contributed by atoms with van der Waals surface area (Å²) in [5.74, 6) is 0. The molecule has 0 atom stereocenters. The van der Waals surface area contributed by atoms with Crippen LogP contribution in [0, 0.1) is 0 Å². The quantitative estimate of drug-likeness (QED) is 0.152. The second-order valence-corrected chi connectivity index (χ2v) is 17.1. The Morgan fingerprint density at radius 2 is 0.730 bits per heavy atom. The zero-order valence-electron chi connectivity index (χ0n) is 34.3. The highest BCUT2D eigenvalue weighted by atomic mass is 32.1. The van der Waals surface area contributed by atoms with Gasteiger partial charge in [-0.3, -0.25) is 0 Å². The Morgan fingerprint density at radius 3 is 1.37 bits per heavy atom. The van der Waals surface area contributed by atoms with E-state index in [0.29, 0.717) is 0 Å². The third kappa shape index (κ3) is 6.67. The molecule has 0 spiro atoms. The Kier molecular flexibility index (Phi) is 9.06. The molecule has 0 amide bonds. The van der Waals surface area contributed by atoms with Crippen LogP contribution in [-0.2, 0) is 0 Å². The molecule has 63 heavy (non-hydrogen) atoms. The number of thiophene rings is 1. The SMILES string of the molecule is c1ccc(-c2ccccc2-c2ccc(N(c3ccc(-c4ccc5oc6c(-c7ccccc7)cccc6c5c4)cc3)c3ccc(-c4ccc5sc6ccccc6c5c4)cc3)cc2)cc1. The van der Waals surface area contributed by atoms with E-state index in [9.17, 15) is 0 Å². The summed E-state index contributed by atoms with van der Waals surface area (Å²) in [6, 6.07) is 85.3. The summed E-state index contributed by atoms with van der Waals surface area (Å²) < 4.78 is 9.14. The molecule has 0 radical (unpaired) electrons. The lowest BCUT2D eigenvalue weighted by Gasteiger charge is -2.26. The van der Waals surface area contributed by atoms with Crippen molar-refractivity contribution in [2.24, 2.45) is 0 Å². The first-order valence-electron chi connectivity index (χ1n) is 21.4. The van der Waals surface area contributed by atoms with Crippen LogP contribution in [0.25, 0.3) is 97.7 Å². The number of hydrogen-bond donors (Lipinski definition) is 0. The van der Waals surface area contributed by atoms with Gasteiger partial charge in [0.2, 0.25) is 0 Å². The first kappa shape index (κ1) is 36.8. The van der Waals surface area contributed by atoms with E-state index in [1.807, 2.05) is 17.4 Å². The van der Waals surface area contributed by atoms with Gasteiger partial charge in [-0.25, -0.2) is 0 Å². The van der Waals surface area contributed by atoms with Crippen molar-refractivity contribution >= 4 is 70.5 Å². The zero-order valence-corrected chi connectivity index (χ0v) is 35.1. The molecule has 2 nitrogen and oxygen atoms in total. The monoisotopic (exact) mass is 821 g/mol. The molecule has 0 unspecified atom stereocenters. The largest absolute Gasteiger partial charge is 0.455 e. The number of nitrogens with zero attached hydrogens (tertiary/aromatic N) is 1. The van der Waals surface area contributed by atoms with Gasteiger partial charge < -0.3 is 9.32 Å². The van der Waals surface area contributed by atoms with Crippen molar-refractivity contribution in [1.82, 2.24) is 0 Å². The first-order valence-corrected chi connectivity index (χ1v) is 22.2. The number of anilines is 3. The summed E-state index contributed by atoms with van der Waals surface area (Å²) in [6.07, 6.45) is 0. The lowest BCUT2D eigenvalue weighted by atomic mass is 9.94. The highest BCUT2D eigenvalue weighted by Crippen LogP contribution is 2.42. The molecule has 0 aliphatic heterocycles. The van der Waals surface area contributed by atoms with Crippen LogP contribution in [0.5, 0.6) is 0 Å². The molecule has 0 N–H and O–H groups in total.